The van der Waals surface area contributed by atoms with E-state index in [-0.39, 0.29) is 11.0 Å². The highest BCUT2D eigenvalue weighted by Crippen LogP contribution is 2.32. The van der Waals surface area contributed by atoms with Crippen molar-refractivity contribution < 1.29 is 22.3 Å². The van der Waals surface area contributed by atoms with Gasteiger partial charge in [-0.3, -0.25) is 0 Å². The normalized spacial score (nSPS) is 14.6. The van der Waals surface area contributed by atoms with E-state index in [4.69, 9.17) is 21.3 Å². The lowest BCUT2D eigenvalue weighted by molar-refractivity contribution is -0.137. The van der Waals surface area contributed by atoms with Crippen molar-refractivity contribution in [3.05, 3.63) is 71.1 Å². The maximum absolute atomic E-state index is 13.6. The number of rotatable bonds is 8. The van der Waals surface area contributed by atoms with Crippen LogP contribution in [0, 0.1) is 5.82 Å². The van der Waals surface area contributed by atoms with Crippen molar-refractivity contribution in [1.29, 1.82) is 0 Å². The summed E-state index contributed by atoms with van der Waals surface area (Å²) in [5.74, 6) is -0.0810. The fraction of sp³-hybridized carbons (Fsp3) is 0.269. The second-order valence-electron chi connectivity index (χ2n) is 8.54. The Morgan fingerprint density at radius 1 is 1.18 bits per heavy atom. The average molecular weight is 560 g/mol. The summed E-state index contributed by atoms with van der Waals surface area (Å²) in [6, 6.07) is 11.7. The summed E-state index contributed by atoms with van der Waals surface area (Å²) in [7, 11) is -3.30. The molecule has 1 fully saturated rings. The molecule has 1 N–H and O–H groups in total. The van der Waals surface area contributed by atoms with Gasteiger partial charge < -0.3 is 15.0 Å². The maximum atomic E-state index is 13.6. The van der Waals surface area contributed by atoms with Crippen LogP contribution in [0.1, 0.15) is 12.5 Å². The maximum Gasteiger partial charge on any atom is 0.330 e. The highest BCUT2D eigenvalue weighted by molar-refractivity contribution is 7.88. The topological polar surface area (TPSA) is 105 Å². The van der Waals surface area contributed by atoms with Crippen LogP contribution in [0.15, 0.2) is 54.7 Å². The molecule has 0 saturated carbocycles. The van der Waals surface area contributed by atoms with Crippen molar-refractivity contribution in [1.82, 2.24) is 14.3 Å². The van der Waals surface area contributed by atoms with Gasteiger partial charge in [0.25, 0.3) is 0 Å². The molecule has 0 aliphatic carbocycles. The lowest BCUT2D eigenvalue weighted by Crippen LogP contribution is -2.48. The number of hydrogen-bond acceptors (Lipinski definition) is 8. The van der Waals surface area contributed by atoms with Gasteiger partial charge in [0.1, 0.15) is 11.6 Å². The Balaban J connectivity index is 1.68. The number of esters is 1. The number of sulfonamides is 1. The summed E-state index contributed by atoms with van der Waals surface area (Å²) in [5.41, 5.74) is 2.84. The smallest absolute Gasteiger partial charge is 0.330 e. The minimum atomic E-state index is -3.30. The summed E-state index contributed by atoms with van der Waals surface area (Å²) in [6.07, 6.45) is 5.91. The Hall–Kier alpha value is -3.54. The number of nitrogens with one attached hydrogen (secondary N) is 1. The van der Waals surface area contributed by atoms with Gasteiger partial charge in [-0.25, -0.2) is 22.6 Å². The highest BCUT2D eigenvalue weighted by Gasteiger charge is 2.26. The number of halogens is 2. The fourth-order valence-corrected chi connectivity index (χ4v) is 4.98. The van der Waals surface area contributed by atoms with E-state index < -0.39 is 21.8 Å². The molecule has 0 bridgehead atoms. The quantitative estimate of drug-likeness (QED) is 0.321. The Morgan fingerprint density at radius 3 is 2.63 bits per heavy atom. The van der Waals surface area contributed by atoms with E-state index in [2.05, 4.69) is 10.3 Å². The third-order valence-electron chi connectivity index (χ3n) is 5.85. The molecule has 1 aliphatic heterocycles. The molecule has 9 nitrogen and oxygen atoms in total. The Labute approximate surface area is 226 Å². The molecule has 1 aromatic heterocycles. The molecule has 2 aromatic carbocycles. The first-order valence-corrected chi connectivity index (χ1v) is 14.1. The third kappa shape index (κ3) is 6.85. The van der Waals surface area contributed by atoms with E-state index in [9.17, 15) is 17.6 Å². The lowest BCUT2D eigenvalue weighted by Gasteiger charge is -2.35. The molecule has 0 atom stereocenters. The van der Waals surface area contributed by atoms with Gasteiger partial charge in [-0.1, -0.05) is 29.8 Å². The van der Waals surface area contributed by atoms with Crippen molar-refractivity contribution in [3.8, 4) is 11.1 Å². The fourth-order valence-electron chi connectivity index (χ4n) is 3.98. The number of hydrogen-bond donors (Lipinski definition) is 1. The van der Waals surface area contributed by atoms with Crippen LogP contribution in [0.3, 0.4) is 0 Å². The van der Waals surface area contributed by atoms with Crippen LogP contribution in [0.2, 0.25) is 5.02 Å². The van der Waals surface area contributed by atoms with Crippen molar-refractivity contribution >= 4 is 51.1 Å². The molecule has 3 aromatic rings. The zero-order chi connectivity index (χ0) is 27.3. The van der Waals surface area contributed by atoms with Crippen LogP contribution in [0.25, 0.3) is 17.2 Å². The SMILES string of the molecule is CCOC(=O)C=Cc1cccc(-c2cnc(Nc3ccc(F)c(Cl)c3)nc2N2CCN(S(C)(=O)=O)CC2)c1. The predicted molar refractivity (Wildman–Crippen MR) is 146 cm³/mol. The van der Waals surface area contributed by atoms with Gasteiger partial charge in [-0.2, -0.15) is 9.29 Å². The van der Waals surface area contributed by atoms with Gasteiger partial charge in [0, 0.05) is 49.7 Å². The Bertz CT molecular complexity index is 1460. The van der Waals surface area contributed by atoms with Gasteiger partial charge in [-0.05, 0) is 48.4 Å². The first-order valence-electron chi connectivity index (χ1n) is 11.9. The second-order valence-corrected chi connectivity index (χ2v) is 10.9. The van der Waals surface area contributed by atoms with E-state index >= 15 is 0 Å². The zero-order valence-electron chi connectivity index (χ0n) is 20.9. The molecule has 38 heavy (non-hydrogen) atoms. The van der Waals surface area contributed by atoms with Gasteiger partial charge in [0.2, 0.25) is 16.0 Å². The molecular weight excluding hydrogens is 533 g/mol. The summed E-state index contributed by atoms with van der Waals surface area (Å²) in [5, 5.41) is 3.02. The summed E-state index contributed by atoms with van der Waals surface area (Å²) in [4.78, 5) is 22.9. The Kier molecular flexibility index (Phi) is 8.60. The van der Waals surface area contributed by atoms with Crippen molar-refractivity contribution in [2.75, 3.05) is 49.3 Å². The number of nitrogens with zero attached hydrogens (tertiary/aromatic N) is 4. The number of benzene rings is 2. The molecule has 0 radical (unpaired) electrons. The van der Waals surface area contributed by atoms with Gasteiger partial charge in [0.05, 0.1) is 17.9 Å². The first-order chi connectivity index (χ1) is 18.1. The molecule has 1 saturated heterocycles. The highest BCUT2D eigenvalue weighted by atomic mass is 35.5. The van der Waals surface area contributed by atoms with Crippen LogP contribution < -0.4 is 10.2 Å². The first kappa shape index (κ1) is 27.5. The minimum Gasteiger partial charge on any atom is -0.463 e. The predicted octanol–water partition coefficient (Wildman–Crippen LogP) is 4.34. The Morgan fingerprint density at radius 2 is 1.95 bits per heavy atom. The van der Waals surface area contributed by atoms with E-state index in [0.717, 1.165) is 16.7 Å². The van der Waals surface area contributed by atoms with Crippen LogP contribution >= 0.6 is 11.6 Å². The summed E-state index contributed by atoms with van der Waals surface area (Å²) >= 11 is 5.91. The molecule has 200 valence electrons. The molecule has 0 unspecified atom stereocenters. The van der Waals surface area contributed by atoms with E-state index in [0.29, 0.717) is 44.3 Å². The standard InChI is InChI=1S/C26H27ClFN5O4S/c1-3-37-24(34)10-7-18-5-4-6-19(15-18)21-17-29-26(30-20-8-9-23(28)22(27)16-20)31-25(21)32-11-13-33(14-12-32)38(2,35)36/h4-10,15-17H,3,11-14H2,1-2H3,(H,29,30,31). The minimum absolute atomic E-state index is 0.0311. The summed E-state index contributed by atoms with van der Waals surface area (Å²) < 4.78 is 44.0. The number of piperazine rings is 1. The average Bonchev–Trinajstić information content (AvgIpc) is 2.89. The van der Waals surface area contributed by atoms with E-state index in [1.807, 2.05) is 29.2 Å². The monoisotopic (exact) mass is 559 g/mol. The van der Waals surface area contributed by atoms with Crippen LogP contribution in [0.5, 0.6) is 0 Å². The number of ether oxygens (including phenoxy) is 1. The lowest BCUT2D eigenvalue weighted by atomic mass is 10.0. The van der Waals surface area contributed by atoms with Crippen molar-refractivity contribution in [2.45, 2.75) is 6.92 Å². The van der Waals surface area contributed by atoms with Crippen LogP contribution in [-0.4, -0.2) is 67.7 Å². The molecule has 2 heterocycles. The van der Waals surface area contributed by atoms with Gasteiger partial charge in [-0.15, -0.1) is 0 Å². The molecule has 1 aliphatic rings. The van der Waals surface area contributed by atoms with Crippen LogP contribution in [0.4, 0.5) is 21.8 Å². The summed E-state index contributed by atoms with van der Waals surface area (Å²) in [6.45, 7) is 3.54. The molecule has 0 spiro atoms. The second kappa shape index (κ2) is 11.9. The van der Waals surface area contributed by atoms with E-state index in [1.165, 1.54) is 34.8 Å². The molecule has 4 rings (SSSR count). The van der Waals surface area contributed by atoms with E-state index in [1.54, 1.807) is 19.2 Å². The van der Waals surface area contributed by atoms with Gasteiger partial charge in [0.15, 0.2) is 0 Å². The molecule has 12 heteroatoms. The number of carbonyl (C=O) groups is 1. The molecule has 0 amide bonds. The zero-order valence-corrected chi connectivity index (χ0v) is 22.5. The van der Waals surface area contributed by atoms with Gasteiger partial charge >= 0.3 is 5.97 Å². The largest absolute Gasteiger partial charge is 0.463 e. The molecular formula is C26H27ClFN5O4S. The number of anilines is 3. The van der Waals surface area contributed by atoms with Crippen LogP contribution in [-0.2, 0) is 19.6 Å². The number of carbonyl (C=O) groups excluding carboxylic acids is 1. The van der Waals surface area contributed by atoms with Crippen molar-refractivity contribution in [3.63, 3.8) is 0 Å². The number of aromatic nitrogens is 2. The van der Waals surface area contributed by atoms with Crippen molar-refractivity contribution in [2.24, 2.45) is 0 Å². The third-order valence-corrected chi connectivity index (χ3v) is 7.44.